The van der Waals surface area contributed by atoms with Crippen molar-refractivity contribution in [3.8, 4) is 39.1 Å². The van der Waals surface area contributed by atoms with Gasteiger partial charge in [-0.15, -0.1) is 0 Å². The van der Waals surface area contributed by atoms with Crippen molar-refractivity contribution in [1.29, 1.82) is 0 Å². The zero-order chi connectivity index (χ0) is 32.7. The van der Waals surface area contributed by atoms with Crippen LogP contribution in [-0.2, 0) is 0 Å². The number of para-hydroxylation sites is 2. The van der Waals surface area contributed by atoms with Crippen molar-refractivity contribution in [2.24, 2.45) is 0 Å². The van der Waals surface area contributed by atoms with E-state index in [1.807, 2.05) is 0 Å². The van der Waals surface area contributed by atoms with Crippen molar-refractivity contribution < 1.29 is 0 Å². The molecule has 47 heavy (non-hydrogen) atoms. The Hall–Kier alpha value is -4.88. The Morgan fingerprint density at radius 3 is 1.98 bits per heavy atom. The number of nitrogens with zero attached hydrogens (tertiary/aromatic N) is 1. The lowest BCUT2D eigenvalue weighted by Gasteiger charge is -2.24. The number of fused-ring (bicyclic) bond motifs is 3. The van der Waals surface area contributed by atoms with Gasteiger partial charge in [-0.2, -0.15) is 0 Å². The molecule has 1 heterocycles. The Morgan fingerprint density at radius 1 is 0.553 bits per heavy atom. The fraction of sp³-hybridized carbons (Fsp3) is 0.217. The minimum atomic E-state index is 0.437. The fourth-order valence-electron chi connectivity index (χ4n) is 7.71. The number of hydrogen-bond donors (Lipinski definition) is 0. The third kappa shape index (κ3) is 5.48. The van der Waals surface area contributed by atoms with E-state index in [1.54, 1.807) is 0 Å². The molecule has 0 aliphatic rings. The third-order valence-electron chi connectivity index (χ3n) is 10.2. The van der Waals surface area contributed by atoms with E-state index >= 15 is 0 Å². The first-order valence-electron chi connectivity index (χ1n) is 17.3. The zero-order valence-electron chi connectivity index (χ0n) is 28.6. The Kier molecular flexibility index (Phi) is 8.33. The molecule has 0 radical (unpaired) electrons. The van der Waals surface area contributed by atoms with E-state index < -0.39 is 0 Å². The highest BCUT2D eigenvalue weighted by atomic mass is 15.0. The summed E-state index contributed by atoms with van der Waals surface area (Å²) in [7, 11) is 0. The van der Waals surface area contributed by atoms with Gasteiger partial charge in [0.2, 0.25) is 0 Å². The van der Waals surface area contributed by atoms with E-state index in [9.17, 15) is 0 Å². The second-order valence-electron chi connectivity index (χ2n) is 13.6. The van der Waals surface area contributed by atoms with Crippen molar-refractivity contribution >= 4 is 21.8 Å². The van der Waals surface area contributed by atoms with Crippen LogP contribution in [0.4, 0.5) is 0 Å². The van der Waals surface area contributed by atoms with Crippen LogP contribution in [0.5, 0.6) is 0 Å². The van der Waals surface area contributed by atoms with Crippen LogP contribution in [0.15, 0.2) is 127 Å². The van der Waals surface area contributed by atoms with Crippen molar-refractivity contribution in [3.63, 3.8) is 0 Å². The van der Waals surface area contributed by atoms with E-state index in [0.717, 1.165) is 0 Å². The largest absolute Gasteiger partial charge is 0.309 e. The maximum absolute atomic E-state index is 2.47. The molecule has 0 fully saturated rings. The van der Waals surface area contributed by atoms with Crippen LogP contribution < -0.4 is 0 Å². The molecule has 7 rings (SSSR count). The Balaban J connectivity index is 1.44. The van der Waals surface area contributed by atoms with Gasteiger partial charge in [0, 0.05) is 16.5 Å². The van der Waals surface area contributed by atoms with Crippen molar-refractivity contribution in [1.82, 2.24) is 4.57 Å². The summed E-state index contributed by atoms with van der Waals surface area (Å²) < 4.78 is 2.39. The lowest BCUT2D eigenvalue weighted by molar-refractivity contribution is 0.666. The summed E-state index contributed by atoms with van der Waals surface area (Å²) in [6.45, 7) is 13.9. The lowest BCUT2D eigenvalue weighted by atomic mass is 9.81. The SMILES string of the molecule is CCCC(C)c1ccc(-c2ccc3c(c2)c2ccccc2n3-c2ccccc2)cc1-c1ccc(C(C)C)c(-c2ccccc2C)c1C. The van der Waals surface area contributed by atoms with Gasteiger partial charge in [0.15, 0.2) is 0 Å². The number of benzene rings is 6. The quantitative estimate of drug-likeness (QED) is 0.161. The summed E-state index contributed by atoms with van der Waals surface area (Å²) in [5.41, 5.74) is 17.2. The molecule has 1 atom stereocenters. The molecule has 1 heteroatoms. The molecule has 1 aromatic heterocycles. The van der Waals surface area contributed by atoms with Crippen molar-refractivity contribution in [3.05, 3.63) is 150 Å². The number of aromatic nitrogens is 1. The molecule has 0 saturated heterocycles. The molecule has 0 N–H and O–H groups in total. The van der Waals surface area contributed by atoms with Crippen molar-refractivity contribution in [2.75, 3.05) is 0 Å². The third-order valence-corrected chi connectivity index (χ3v) is 10.2. The van der Waals surface area contributed by atoms with Gasteiger partial charge in [-0.3, -0.25) is 0 Å². The van der Waals surface area contributed by atoms with E-state index in [4.69, 9.17) is 0 Å². The first kappa shape index (κ1) is 30.8. The van der Waals surface area contributed by atoms with Gasteiger partial charge >= 0.3 is 0 Å². The molecule has 0 aliphatic heterocycles. The molecule has 7 aromatic rings. The lowest BCUT2D eigenvalue weighted by Crippen LogP contribution is -2.02. The minimum Gasteiger partial charge on any atom is -0.309 e. The summed E-state index contributed by atoms with van der Waals surface area (Å²) in [5.74, 6) is 0.911. The molecule has 234 valence electrons. The van der Waals surface area contributed by atoms with E-state index in [1.165, 1.54) is 96.0 Å². The average molecular weight is 612 g/mol. The number of rotatable bonds is 8. The van der Waals surface area contributed by atoms with Crippen LogP contribution in [-0.4, -0.2) is 4.57 Å². The van der Waals surface area contributed by atoms with Gasteiger partial charge in [0.1, 0.15) is 0 Å². The molecule has 0 saturated carbocycles. The summed E-state index contributed by atoms with van der Waals surface area (Å²) in [4.78, 5) is 0. The van der Waals surface area contributed by atoms with E-state index in [0.29, 0.717) is 11.8 Å². The predicted octanol–water partition coefficient (Wildman–Crippen LogP) is 13.4. The highest BCUT2D eigenvalue weighted by molar-refractivity contribution is 6.10. The Morgan fingerprint density at radius 2 is 1.21 bits per heavy atom. The van der Waals surface area contributed by atoms with E-state index in [2.05, 4.69) is 174 Å². The number of aryl methyl sites for hydroxylation is 1. The minimum absolute atomic E-state index is 0.437. The molecule has 1 nitrogen and oxygen atoms in total. The Labute approximate surface area is 280 Å². The van der Waals surface area contributed by atoms with Gasteiger partial charge < -0.3 is 4.57 Å². The maximum atomic E-state index is 2.47. The molecule has 0 amide bonds. The topological polar surface area (TPSA) is 4.93 Å². The van der Waals surface area contributed by atoms with Gasteiger partial charge in [0.25, 0.3) is 0 Å². The predicted molar refractivity (Wildman–Crippen MR) is 204 cm³/mol. The average Bonchev–Trinajstić information content (AvgIpc) is 3.42. The summed E-state index contributed by atoms with van der Waals surface area (Å²) in [6, 6.07) is 47.4. The summed E-state index contributed by atoms with van der Waals surface area (Å²) >= 11 is 0. The molecule has 0 spiro atoms. The first-order chi connectivity index (χ1) is 22.9. The summed E-state index contributed by atoms with van der Waals surface area (Å²) in [6.07, 6.45) is 2.34. The van der Waals surface area contributed by atoms with Crippen LogP contribution in [0.1, 0.15) is 74.6 Å². The monoisotopic (exact) mass is 611 g/mol. The highest BCUT2D eigenvalue weighted by Gasteiger charge is 2.21. The molecule has 6 aromatic carbocycles. The van der Waals surface area contributed by atoms with Gasteiger partial charge in [-0.05, 0) is 124 Å². The normalized spacial score (nSPS) is 12.3. The maximum Gasteiger partial charge on any atom is 0.0541 e. The van der Waals surface area contributed by atoms with Gasteiger partial charge in [0.05, 0.1) is 11.0 Å². The van der Waals surface area contributed by atoms with Gasteiger partial charge in [-0.25, -0.2) is 0 Å². The molecule has 0 bridgehead atoms. The van der Waals surface area contributed by atoms with Crippen molar-refractivity contribution in [2.45, 2.75) is 66.2 Å². The smallest absolute Gasteiger partial charge is 0.0541 e. The van der Waals surface area contributed by atoms with Crippen LogP contribution in [0.3, 0.4) is 0 Å². The Bertz CT molecular complexity index is 2210. The number of hydrogen-bond acceptors (Lipinski definition) is 0. The first-order valence-corrected chi connectivity index (χ1v) is 17.3. The molecular formula is C46H45N. The summed E-state index contributed by atoms with van der Waals surface area (Å²) in [5, 5.41) is 2.57. The fourth-order valence-corrected chi connectivity index (χ4v) is 7.71. The molecule has 0 aliphatic carbocycles. The zero-order valence-corrected chi connectivity index (χ0v) is 28.6. The van der Waals surface area contributed by atoms with Crippen LogP contribution >= 0.6 is 0 Å². The molecule has 1 unspecified atom stereocenters. The van der Waals surface area contributed by atoms with E-state index in [-0.39, 0.29) is 0 Å². The highest BCUT2D eigenvalue weighted by Crippen LogP contribution is 2.43. The van der Waals surface area contributed by atoms with Crippen LogP contribution in [0.25, 0.3) is 60.9 Å². The second kappa shape index (κ2) is 12.7. The van der Waals surface area contributed by atoms with Gasteiger partial charge in [-0.1, -0.05) is 125 Å². The molecular weight excluding hydrogens is 567 g/mol. The standard InChI is InChI=1S/C46H45N/c1-7-15-31(4)38-24-22-34(28-42(38)40-26-25-37(30(2)3)46(33(40)6)39-19-12-11-16-32(39)5)35-23-27-45-43(29-35)41-20-13-14-21-44(41)47(45)36-17-9-8-10-18-36/h8-14,16-31H,7,15H2,1-6H3. The van der Waals surface area contributed by atoms with Crippen LogP contribution in [0.2, 0.25) is 0 Å². The van der Waals surface area contributed by atoms with Crippen LogP contribution in [0, 0.1) is 13.8 Å². The second-order valence-corrected chi connectivity index (χ2v) is 13.6.